The van der Waals surface area contributed by atoms with Crippen LogP contribution in [0.25, 0.3) is 0 Å². The number of para-hydroxylation sites is 1. The molecule has 1 amide bonds. The molecular weight excluding hydrogens is 474 g/mol. The van der Waals surface area contributed by atoms with E-state index in [-0.39, 0.29) is 30.2 Å². The van der Waals surface area contributed by atoms with Crippen LogP contribution in [0.3, 0.4) is 0 Å². The van der Waals surface area contributed by atoms with Gasteiger partial charge in [-0.25, -0.2) is 0 Å². The highest BCUT2D eigenvalue weighted by Crippen LogP contribution is 2.61. The molecular formula is C28H23N3O6. The monoisotopic (exact) mass is 497 g/mol. The highest BCUT2D eigenvalue weighted by Gasteiger charge is 2.69. The number of nitrogens with one attached hydrogen (secondary N) is 1. The summed E-state index contributed by atoms with van der Waals surface area (Å²) in [4.78, 5) is 42.0. The maximum absolute atomic E-state index is 14.6. The molecule has 37 heavy (non-hydrogen) atoms. The molecule has 4 aliphatic rings. The Morgan fingerprint density at radius 1 is 1.05 bits per heavy atom. The predicted molar refractivity (Wildman–Crippen MR) is 133 cm³/mol. The number of nitro groups is 1. The van der Waals surface area contributed by atoms with Crippen LogP contribution in [0.15, 0.2) is 66.7 Å². The summed E-state index contributed by atoms with van der Waals surface area (Å²) in [7, 11) is 0. The van der Waals surface area contributed by atoms with Gasteiger partial charge in [0, 0.05) is 40.9 Å². The van der Waals surface area contributed by atoms with Crippen molar-refractivity contribution in [3.63, 3.8) is 0 Å². The first-order chi connectivity index (χ1) is 18.0. The second kappa shape index (κ2) is 7.88. The Morgan fingerprint density at radius 2 is 1.89 bits per heavy atom. The molecule has 0 bridgehead atoms. The molecule has 4 atom stereocenters. The summed E-state index contributed by atoms with van der Waals surface area (Å²) < 4.78 is 11.0. The van der Waals surface area contributed by atoms with Gasteiger partial charge < -0.3 is 14.8 Å². The summed E-state index contributed by atoms with van der Waals surface area (Å²) in [6.07, 6.45) is 1.66. The second-order valence-corrected chi connectivity index (χ2v) is 9.96. The lowest BCUT2D eigenvalue weighted by molar-refractivity contribution is -0.384. The summed E-state index contributed by atoms with van der Waals surface area (Å²) in [5, 5.41) is 14.7. The van der Waals surface area contributed by atoms with E-state index in [9.17, 15) is 19.7 Å². The van der Waals surface area contributed by atoms with Crippen LogP contribution in [-0.2, 0) is 10.3 Å². The fourth-order valence-electron chi connectivity index (χ4n) is 6.97. The first-order valence-corrected chi connectivity index (χ1v) is 12.4. The lowest BCUT2D eigenvalue weighted by Gasteiger charge is -2.36. The second-order valence-electron chi connectivity index (χ2n) is 9.96. The average Bonchev–Trinajstić information content (AvgIpc) is 3.67. The SMILES string of the molecule is O=C(c1ccc2c(c1)OCO2)C1C(c2cccc([N+](=O)[O-])c2)C2CCCN2C12C(=O)Nc1ccccc12. The molecule has 9 heteroatoms. The molecule has 0 saturated carbocycles. The van der Waals surface area contributed by atoms with Crippen LogP contribution < -0.4 is 14.8 Å². The van der Waals surface area contributed by atoms with Crippen molar-refractivity contribution in [1.82, 2.24) is 4.90 Å². The van der Waals surface area contributed by atoms with E-state index < -0.39 is 22.3 Å². The average molecular weight is 498 g/mol. The van der Waals surface area contributed by atoms with Gasteiger partial charge in [-0.2, -0.15) is 0 Å². The number of ether oxygens (including phenoxy) is 2. The van der Waals surface area contributed by atoms with E-state index in [0.29, 0.717) is 34.9 Å². The van der Waals surface area contributed by atoms with Crippen molar-refractivity contribution in [2.75, 3.05) is 18.7 Å². The number of benzene rings is 3. The van der Waals surface area contributed by atoms with Gasteiger partial charge in [-0.15, -0.1) is 0 Å². The molecule has 1 N–H and O–H groups in total. The first-order valence-electron chi connectivity index (χ1n) is 12.4. The zero-order valence-electron chi connectivity index (χ0n) is 19.8. The van der Waals surface area contributed by atoms with Gasteiger partial charge in [-0.3, -0.25) is 24.6 Å². The minimum Gasteiger partial charge on any atom is -0.454 e. The topological polar surface area (TPSA) is 111 Å². The maximum Gasteiger partial charge on any atom is 0.269 e. The molecule has 2 saturated heterocycles. The number of carbonyl (C=O) groups excluding carboxylic acids is 2. The van der Waals surface area contributed by atoms with Crippen molar-refractivity contribution in [3.8, 4) is 11.5 Å². The molecule has 7 rings (SSSR count). The van der Waals surface area contributed by atoms with Gasteiger partial charge in [0.15, 0.2) is 17.3 Å². The number of ketones is 1. The van der Waals surface area contributed by atoms with Crippen molar-refractivity contribution in [1.29, 1.82) is 0 Å². The number of amides is 1. The zero-order valence-corrected chi connectivity index (χ0v) is 19.8. The highest BCUT2D eigenvalue weighted by atomic mass is 16.7. The summed E-state index contributed by atoms with van der Waals surface area (Å²) in [6.45, 7) is 0.741. The zero-order chi connectivity index (χ0) is 25.3. The Morgan fingerprint density at radius 3 is 2.76 bits per heavy atom. The highest BCUT2D eigenvalue weighted by molar-refractivity contribution is 6.12. The number of fused-ring (bicyclic) bond motifs is 5. The number of hydrogen-bond acceptors (Lipinski definition) is 7. The normalized spacial score (nSPS) is 27.2. The standard InChI is InChI=1S/C28H23N3O6/c32-26(17-10-11-22-23(14-17)37-15-36-22)25-24(16-5-3-6-18(13-16)31(34)35)21-9-4-12-30(21)28(25)19-7-1-2-8-20(19)29-27(28)33/h1-3,5-8,10-11,13-14,21,24-25H,4,9,12,15H2,(H,29,33). The minimum atomic E-state index is -1.22. The number of rotatable bonds is 4. The van der Waals surface area contributed by atoms with E-state index in [0.717, 1.165) is 18.4 Å². The minimum absolute atomic E-state index is 0.0338. The predicted octanol–water partition coefficient (Wildman–Crippen LogP) is 4.23. The number of hydrogen-bond donors (Lipinski definition) is 1. The van der Waals surface area contributed by atoms with Crippen LogP contribution >= 0.6 is 0 Å². The van der Waals surface area contributed by atoms with Crippen molar-refractivity contribution in [3.05, 3.63) is 93.5 Å². The van der Waals surface area contributed by atoms with E-state index in [2.05, 4.69) is 10.2 Å². The molecule has 3 aromatic rings. The molecule has 4 unspecified atom stereocenters. The smallest absolute Gasteiger partial charge is 0.269 e. The molecule has 186 valence electrons. The molecule has 0 radical (unpaired) electrons. The van der Waals surface area contributed by atoms with E-state index in [1.54, 1.807) is 30.3 Å². The molecule has 4 aliphatic heterocycles. The third kappa shape index (κ3) is 2.94. The van der Waals surface area contributed by atoms with Crippen LogP contribution in [0.2, 0.25) is 0 Å². The Balaban J connectivity index is 1.46. The Kier molecular flexibility index (Phi) is 4.68. The van der Waals surface area contributed by atoms with Gasteiger partial charge in [0.1, 0.15) is 5.54 Å². The fourth-order valence-corrected chi connectivity index (χ4v) is 6.97. The maximum atomic E-state index is 14.6. The molecule has 0 aliphatic carbocycles. The van der Waals surface area contributed by atoms with E-state index in [1.165, 1.54) is 6.07 Å². The lowest BCUT2D eigenvalue weighted by Crippen LogP contribution is -2.52. The van der Waals surface area contributed by atoms with E-state index in [4.69, 9.17) is 9.47 Å². The van der Waals surface area contributed by atoms with Crippen molar-refractivity contribution >= 4 is 23.1 Å². The Bertz CT molecular complexity index is 1490. The summed E-state index contributed by atoms with van der Waals surface area (Å²) >= 11 is 0. The van der Waals surface area contributed by atoms with Crippen LogP contribution in [0, 0.1) is 16.0 Å². The molecule has 4 heterocycles. The molecule has 0 aromatic heterocycles. The van der Waals surface area contributed by atoms with E-state index >= 15 is 0 Å². The number of Topliss-reactive ketones (excluding diaryl/α,β-unsaturated/α-hetero) is 1. The van der Waals surface area contributed by atoms with Crippen LogP contribution in [0.1, 0.15) is 40.2 Å². The van der Waals surface area contributed by atoms with Gasteiger partial charge in [0.2, 0.25) is 12.7 Å². The lowest BCUT2D eigenvalue weighted by atomic mass is 9.68. The van der Waals surface area contributed by atoms with Gasteiger partial charge in [0.05, 0.1) is 10.8 Å². The van der Waals surface area contributed by atoms with Crippen LogP contribution in [-0.4, -0.2) is 40.9 Å². The fraction of sp³-hybridized carbons (Fsp3) is 0.286. The van der Waals surface area contributed by atoms with Crippen molar-refractivity contribution in [2.45, 2.75) is 30.3 Å². The van der Waals surface area contributed by atoms with Crippen molar-refractivity contribution < 1.29 is 24.0 Å². The first kappa shape index (κ1) is 22.0. The number of anilines is 1. The van der Waals surface area contributed by atoms with Gasteiger partial charge in [-0.05, 0) is 49.2 Å². The van der Waals surface area contributed by atoms with Crippen molar-refractivity contribution in [2.24, 2.45) is 5.92 Å². The van der Waals surface area contributed by atoms with Gasteiger partial charge in [0.25, 0.3) is 5.69 Å². The number of non-ortho nitro benzene ring substituents is 1. The largest absolute Gasteiger partial charge is 0.454 e. The summed E-state index contributed by atoms with van der Waals surface area (Å²) in [5.41, 5.74) is 1.33. The van der Waals surface area contributed by atoms with Crippen LogP contribution in [0.5, 0.6) is 11.5 Å². The van der Waals surface area contributed by atoms with Crippen LogP contribution in [0.4, 0.5) is 11.4 Å². The third-order valence-electron chi connectivity index (χ3n) is 8.31. The van der Waals surface area contributed by atoms with Gasteiger partial charge in [-0.1, -0.05) is 30.3 Å². The van der Waals surface area contributed by atoms with E-state index in [1.807, 2.05) is 30.3 Å². The number of carbonyl (C=O) groups is 2. The van der Waals surface area contributed by atoms with Gasteiger partial charge >= 0.3 is 0 Å². The third-order valence-corrected chi connectivity index (χ3v) is 8.31. The molecule has 1 spiro atoms. The summed E-state index contributed by atoms with van der Waals surface area (Å²) in [5.74, 6) is -0.594. The summed E-state index contributed by atoms with van der Waals surface area (Å²) in [6, 6.07) is 19.0. The molecule has 3 aromatic carbocycles. The molecule has 2 fully saturated rings. The molecule has 9 nitrogen and oxygen atoms in total. The quantitative estimate of drug-likeness (QED) is 0.326. The number of nitro benzene ring substituents is 1. The Labute approximate surface area is 212 Å². The Hall–Kier alpha value is -4.24. The number of nitrogens with zero attached hydrogens (tertiary/aromatic N) is 2.